The first-order valence-corrected chi connectivity index (χ1v) is 9.37. The summed E-state index contributed by atoms with van der Waals surface area (Å²) in [6.45, 7) is 0.282. The molecule has 0 aliphatic rings. The average Bonchev–Trinajstić information content (AvgIpc) is 2.42. The van der Waals surface area contributed by atoms with E-state index in [2.05, 4.69) is 4.72 Å². The van der Waals surface area contributed by atoms with Crippen molar-refractivity contribution < 1.29 is 18.3 Å². The van der Waals surface area contributed by atoms with Crippen molar-refractivity contribution in [3.63, 3.8) is 0 Å². The number of thioether (sulfide) groups is 1. The van der Waals surface area contributed by atoms with E-state index in [9.17, 15) is 13.2 Å². The molecule has 0 saturated heterocycles. The van der Waals surface area contributed by atoms with Gasteiger partial charge in [0, 0.05) is 12.2 Å². The van der Waals surface area contributed by atoms with Gasteiger partial charge in [-0.15, -0.1) is 0 Å². The number of sulfonamides is 1. The van der Waals surface area contributed by atoms with Gasteiger partial charge in [0.1, 0.15) is 0 Å². The van der Waals surface area contributed by atoms with Gasteiger partial charge in [0.05, 0.1) is 10.5 Å². The molecule has 118 valence electrons. The number of anilines is 1. The van der Waals surface area contributed by atoms with Crippen LogP contribution in [0.4, 0.5) is 5.69 Å². The number of aromatic carboxylic acids is 1. The minimum Gasteiger partial charge on any atom is -0.478 e. The summed E-state index contributed by atoms with van der Waals surface area (Å²) in [5.74, 6) is -0.249. The minimum absolute atomic E-state index is 0.209. The van der Waals surface area contributed by atoms with E-state index in [0.717, 1.165) is 18.6 Å². The average molecular weight is 332 g/mol. The molecular weight excluding hydrogens is 312 g/mol. The van der Waals surface area contributed by atoms with Crippen molar-refractivity contribution >= 4 is 33.4 Å². The number of rotatable bonds is 9. The van der Waals surface area contributed by atoms with E-state index in [1.807, 2.05) is 6.26 Å². The van der Waals surface area contributed by atoms with Gasteiger partial charge in [-0.25, -0.2) is 17.9 Å². The second kappa shape index (κ2) is 8.26. The minimum atomic E-state index is -3.87. The third-order valence-electron chi connectivity index (χ3n) is 2.84. The fourth-order valence-corrected chi connectivity index (χ4v) is 3.57. The van der Waals surface area contributed by atoms with Crippen LogP contribution in [0.25, 0.3) is 0 Å². The van der Waals surface area contributed by atoms with Gasteiger partial charge in [-0.2, -0.15) is 11.8 Å². The lowest BCUT2D eigenvalue weighted by Crippen LogP contribution is -2.26. The maximum Gasteiger partial charge on any atom is 0.337 e. The van der Waals surface area contributed by atoms with Crippen molar-refractivity contribution in [1.29, 1.82) is 0 Å². The molecule has 0 radical (unpaired) electrons. The van der Waals surface area contributed by atoms with Gasteiger partial charge in [0.25, 0.3) is 0 Å². The molecule has 0 heterocycles. The predicted octanol–water partition coefficient (Wildman–Crippen LogP) is 1.78. The molecule has 0 saturated carbocycles. The zero-order valence-corrected chi connectivity index (χ0v) is 13.5. The molecule has 0 bridgehead atoms. The van der Waals surface area contributed by atoms with Crippen LogP contribution < -0.4 is 10.5 Å². The monoisotopic (exact) mass is 332 g/mol. The number of benzene rings is 1. The van der Waals surface area contributed by atoms with Crippen LogP contribution in [-0.4, -0.2) is 38.0 Å². The first kappa shape index (κ1) is 17.8. The molecule has 0 spiro atoms. The summed E-state index contributed by atoms with van der Waals surface area (Å²) in [6, 6.07) is 3.73. The number of hydrogen-bond donors (Lipinski definition) is 3. The second-order valence-electron chi connectivity index (χ2n) is 4.51. The van der Waals surface area contributed by atoms with Crippen LogP contribution in [0.5, 0.6) is 0 Å². The fraction of sp³-hybridized carbons (Fsp3) is 0.462. The van der Waals surface area contributed by atoms with Gasteiger partial charge in [0.2, 0.25) is 10.0 Å². The molecule has 0 amide bonds. The lowest BCUT2D eigenvalue weighted by atomic mass is 10.2. The number of carboxylic acid groups (broad SMARTS) is 1. The Hall–Kier alpha value is -1.25. The molecule has 21 heavy (non-hydrogen) atoms. The standard InChI is InChI=1S/C13H20N2O4S2/c1-20-8-4-2-3-7-15-21(18,19)12-9-10(14)5-6-11(12)13(16)17/h5-6,9,15H,2-4,7-8,14H2,1H3,(H,16,17). The highest BCUT2D eigenvalue weighted by Gasteiger charge is 2.22. The van der Waals surface area contributed by atoms with Crippen molar-refractivity contribution in [3.05, 3.63) is 23.8 Å². The van der Waals surface area contributed by atoms with Gasteiger partial charge in [0.15, 0.2) is 0 Å². The number of hydrogen-bond acceptors (Lipinski definition) is 5. The maximum atomic E-state index is 12.2. The van der Waals surface area contributed by atoms with Gasteiger partial charge in [-0.3, -0.25) is 0 Å². The van der Waals surface area contributed by atoms with E-state index in [1.165, 1.54) is 18.2 Å². The lowest BCUT2D eigenvalue weighted by Gasteiger charge is -2.10. The molecule has 0 unspecified atom stereocenters. The lowest BCUT2D eigenvalue weighted by molar-refractivity contribution is 0.0692. The van der Waals surface area contributed by atoms with Crippen molar-refractivity contribution in [2.75, 3.05) is 24.3 Å². The molecule has 0 fully saturated rings. The largest absolute Gasteiger partial charge is 0.478 e. The van der Waals surface area contributed by atoms with E-state index >= 15 is 0 Å². The molecule has 1 aromatic carbocycles. The zero-order valence-electron chi connectivity index (χ0n) is 11.8. The van der Waals surface area contributed by atoms with E-state index in [1.54, 1.807) is 11.8 Å². The van der Waals surface area contributed by atoms with Crippen molar-refractivity contribution in [2.24, 2.45) is 0 Å². The molecular formula is C13H20N2O4S2. The maximum absolute atomic E-state index is 12.2. The van der Waals surface area contributed by atoms with Gasteiger partial charge < -0.3 is 10.8 Å². The summed E-state index contributed by atoms with van der Waals surface area (Å²) < 4.78 is 26.8. The summed E-state index contributed by atoms with van der Waals surface area (Å²) in [6.07, 6.45) is 4.69. The SMILES string of the molecule is CSCCCCCNS(=O)(=O)c1cc(N)ccc1C(=O)O. The number of nitrogens with two attached hydrogens (primary N) is 1. The smallest absolute Gasteiger partial charge is 0.337 e. The van der Waals surface area contributed by atoms with Crippen LogP contribution in [-0.2, 0) is 10.0 Å². The second-order valence-corrected chi connectivity index (χ2v) is 7.23. The van der Waals surface area contributed by atoms with Gasteiger partial charge >= 0.3 is 5.97 Å². The quantitative estimate of drug-likeness (QED) is 0.470. The molecule has 1 rings (SSSR count). The van der Waals surface area contributed by atoms with Crippen LogP contribution >= 0.6 is 11.8 Å². The Morgan fingerprint density at radius 2 is 2.05 bits per heavy atom. The highest BCUT2D eigenvalue weighted by atomic mass is 32.2. The Bertz CT molecular complexity index is 588. The fourth-order valence-electron chi connectivity index (χ4n) is 1.77. The van der Waals surface area contributed by atoms with Crippen molar-refractivity contribution in [2.45, 2.75) is 24.2 Å². The summed E-state index contributed by atoms with van der Waals surface area (Å²) in [4.78, 5) is 10.8. The number of nitrogen functional groups attached to an aromatic ring is 1. The Kier molecular flexibility index (Phi) is 7.00. The van der Waals surface area contributed by atoms with Gasteiger partial charge in [-0.05, 0) is 43.0 Å². The first-order chi connectivity index (χ1) is 9.88. The van der Waals surface area contributed by atoms with Crippen molar-refractivity contribution in [1.82, 2.24) is 4.72 Å². The summed E-state index contributed by atoms with van der Waals surface area (Å²) in [5.41, 5.74) is 5.48. The third kappa shape index (κ3) is 5.56. The predicted molar refractivity (Wildman–Crippen MR) is 85.2 cm³/mol. The molecule has 0 aliphatic heterocycles. The van der Waals surface area contributed by atoms with Gasteiger partial charge in [-0.1, -0.05) is 6.42 Å². The first-order valence-electron chi connectivity index (χ1n) is 6.50. The van der Waals surface area contributed by atoms with Crippen molar-refractivity contribution in [3.8, 4) is 0 Å². The Labute approximate surface area is 129 Å². The number of carboxylic acids is 1. The molecule has 6 nitrogen and oxygen atoms in total. The van der Waals surface area contributed by atoms with Crippen LogP contribution in [0.15, 0.2) is 23.1 Å². The van der Waals surface area contributed by atoms with Crippen LogP contribution in [0.1, 0.15) is 29.6 Å². The highest BCUT2D eigenvalue weighted by Crippen LogP contribution is 2.19. The number of unbranched alkanes of at least 4 members (excludes halogenated alkanes) is 2. The molecule has 4 N–H and O–H groups in total. The molecule has 0 aliphatic carbocycles. The molecule has 0 aromatic heterocycles. The Balaban J connectivity index is 2.74. The summed E-state index contributed by atoms with van der Waals surface area (Å²) in [5, 5.41) is 9.05. The normalized spacial score (nSPS) is 11.5. The topological polar surface area (TPSA) is 109 Å². The van der Waals surface area contributed by atoms with Crippen LogP contribution in [0.2, 0.25) is 0 Å². The number of nitrogens with one attached hydrogen (secondary N) is 1. The zero-order chi connectivity index (χ0) is 15.9. The molecule has 1 aromatic rings. The Morgan fingerprint density at radius 3 is 2.67 bits per heavy atom. The highest BCUT2D eigenvalue weighted by molar-refractivity contribution is 7.98. The Morgan fingerprint density at radius 1 is 1.33 bits per heavy atom. The van der Waals surface area contributed by atoms with Crippen LogP contribution in [0, 0.1) is 0 Å². The van der Waals surface area contributed by atoms with E-state index < -0.39 is 16.0 Å². The van der Waals surface area contributed by atoms with E-state index in [-0.39, 0.29) is 22.7 Å². The molecule has 8 heteroatoms. The number of carbonyl (C=O) groups is 1. The third-order valence-corrected chi connectivity index (χ3v) is 5.04. The van der Waals surface area contributed by atoms with E-state index in [4.69, 9.17) is 10.8 Å². The van der Waals surface area contributed by atoms with E-state index in [0.29, 0.717) is 6.42 Å². The summed E-state index contributed by atoms with van der Waals surface area (Å²) >= 11 is 1.75. The molecule has 0 atom stereocenters. The summed E-state index contributed by atoms with van der Waals surface area (Å²) in [7, 11) is -3.87. The van der Waals surface area contributed by atoms with Crippen LogP contribution in [0.3, 0.4) is 0 Å².